The highest BCUT2D eigenvalue weighted by molar-refractivity contribution is 14.1. The van der Waals surface area contributed by atoms with Crippen molar-refractivity contribution in [3.8, 4) is 0 Å². The van der Waals surface area contributed by atoms with Crippen LogP contribution in [0.5, 0.6) is 0 Å². The molecule has 0 aliphatic rings. The summed E-state index contributed by atoms with van der Waals surface area (Å²) in [4.78, 5) is 0. The number of unbranched alkanes of at least 4 members (excludes halogenated alkanes) is 1. The van der Waals surface area contributed by atoms with Gasteiger partial charge in [-0.2, -0.15) is 0 Å². The molecule has 0 radical (unpaired) electrons. The lowest BCUT2D eigenvalue weighted by molar-refractivity contribution is 1.06. The fourth-order valence-electron chi connectivity index (χ4n) is 0.448. The van der Waals surface area contributed by atoms with Gasteiger partial charge in [-0.3, -0.25) is 0 Å². The van der Waals surface area contributed by atoms with Gasteiger partial charge in [0, 0.05) is 0 Å². The first-order valence-electron chi connectivity index (χ1n) is 2.94. The maximum Gasteiger partial charge on any atom is -0.0274 e. The third kappa shape index (κ3) is 7.95. The van der Waals surface area contributed by atoms with Crippen LogP contribution < -0.4 is 0 Å². The molecule has 0 aliphatic carbocycles. The van der Waals surface area contributed by atoms with Crippen LogP contribution in [-0.4, -0.2) is 0 Å². The second-order valence-electron chi connectivity index (χ2n) is 1.60. The molecule has 0 saturated carbocycles. The number of hydrogen-bond acceptors (Lipinski definition) is 0. The van der Waals surface area contributed by atoms with Gasteiger partial charge in [-0.1, -0.05) is 53.5 Å². The van der Waals surface area contributed by atoms with E-state index in [1.54, 1.807) is 6.08 Å². The van der Waals surface area contributed by atoms with E-state index in [1.807, 2.05) is 10.2 Å². The SMILES string of the molecule is C=CC=CCCC=CI. The Bertz CT molecular complexity index is 112. The van der Waals surface area contributed by atoms with Gasteiger partial charge in [0.05, 0.1) is 0 Å². The molecule has 0 unspecified atom stereocenters. The number of rotatable bonds is 4. The topological polar surface area (TPSA) is 0 Å². The Morgan fingerprint density at radius 1 is 1.22 bits per heavy atom. The van der Waals surface area contributed by atoms with Crippen molar-refractivity contribution in [3.63, 3.8) is 0 Å². The molecular formula is C8H11I. The van der Waals surface area contributed by atoms with Crippen molar-refractivity contribution < 1.29 is 0 Å². The maximum atomic E-state index is 3.57. The van der Waals surface area contributed by atoms with E-state index in [2.05, 4.69) is 41.3 Å². The minimum atomic E-state index is 1.12. The maximum absolute atomic E-state index is 3.57. The predicted octanol–water partition coefficient (Wildman–Crippen LogP) is 3.46. The summed E-state index contributed by atoms with van der Waals surface area (Å²) in [6, 6.07) is 0. The molecule has 0 heterocycles. The summed E-state index contributed by atoms with van der Waals surface area (Å²) in [5.74, 6) is 0. The summed E-state index contributed by atoms with van der Waals surface area (Å²) in [6.45, 7) is 3.57. The highest BCUT2D eigenvalue weighted by atomic mass is 127. The quantitative estimate of drug-likeness (QED) is 0.397. The summed E-state index contributed by atoms with van der Waals surface area (Å²) in [6.07, 6.45) is 10.3. The van der Waals surface area contributed by atoms with Crippen molar-refractivity contribution in [2.24, 2.45) is 0 Å². The third-order valence-electron chi connectivity index (χ3n) is 0.861. The van der Waals surface area contributed by atoms with E-state index in [9.17, 15) is 0 Å². The lowest BCUT2D eigenvalue weighted by Gasteiger charge is -1.81. The van der Waals surface area contributed by atoms with E-state index in [0.29, 0.717) is 0 Å². The molecule has 0 aromatic carbocycles. The second kappa shape index (κ2) is 7.95. The molecule has 0 N–H and O–H groups in total. The van der Waals surface area contributed by atoms with Crippen molar-refractivity contribution in [2.45, 2.75) is 12.8 Å². The largest absolute Gasteiger partial charge is 0.0991 e. The summed E-state index contributed by atoms with van der Waals surface area (Å²) in [5.41, 5.74) is 0. The smallest absolute Gasteiger partial charge is 0.0274 e. The van der Waals surface area contributed by atoms with Crippen molar-refractivity contribution >= 4 is 22.6 Å². The summed E-state index contributed by atoms with van der Waals surface area (Å²) >= 11 is 2.22. The molecule has 0 amide bonds. The summed E-state index contributed by atoms with van der Waals surface area (Å²) in [7, 11) is 0. The fraction of sp³-hybridized carbons (Fsp3) is 0.250. The third-order valence-corrected chi connectivity index (χ3v) is 1.37. The average molecular weight is 234 g/mol. The molecule has 9 heavy (non-hydrogen) atoms. The second-order valence-corrected chi connectivity index (χ2v) is 2.32. The first-order chi connectivity index (χ1) is 4.41. The lowest BCUT2D eigenvalue weighted by atomic mass is 10.3. The van der Waals surface area contributed by atoms with Gasteiger partial charge in [-0.15, -0.1) is 0 Å². The van der Waals surface area contributed by atoms with Crippen molar-refractivity contribution in [1.82, 2.24) is 0 Å². The van der Waals surface area contributed by atoms with Crippen molar-refractivity contribution in [2.75, 3.05) is 0 Å². The molecule has 0 aromatic heterocycles. The van der Waals surface area contributed by atoms with E-state index in [-0.39, 0.29) is 0 Å². The molecule has 0 bridgehead atoms. The predicted molar refractivity (Wildman–Crippen MR) is 51.7 cm³/mol. The molecule has 0 rings (SSSR count). The molecule has 0 spiro atoms. The first-order valence-corrected chi connectivity index (χ1v) is 4.19. The van der Waals surface area contributed by atoms with E-state index in [4.69, 9.17) is 0 Å². The fourth-order valence-corrected chi connectivity index (χ4v) is 0.807. The van der Waals surface area contributed by atoms with Crippen LogP contribution in [0.3, 0.4) is 0 Å². The molecule has 0 aliphatic heterocycles. The molecule has 1 heteroatoms. The average Bonchev–Trinajstić information content (AvgIpc) is 1.89. The Labute approximate surface area is 70.5 Å². The molecule has 0 aromatic rings. The molecule has 0 atom stereocenters. The van der Waals surface area contributed by atoms with E-state index in [1.165, 1.54) is 0 Å². The van der Waals surface area contributed by atoms with Crippen LogP contribution in [0.4, 0.5) is 0 Å². The first kappa shape index (κ1) is 8.95. The minimum Gasteiger partial charge on any atom is -0.0991 e. The summed E-state index contributed by atoms with van der Waals surface area (Å²) in [5, 5.41) is 0. The number of halogens is 1. The molecule has 0 nitrogen and oxygen atoms in total. The molecular weight excluding hydrogens is 223 g/mol. The standard InChI is InChI=1S/C8H11I/c1-2-3-4-5-6-7-8-9/h2-4,7-8H,1,5-6H2. The normalized spacial score (nSPS) is 11.2. The zero-order valence-corrected chi connectivity index (χ0v) is 7.54. The Kier molecular flexibility index (Phi) is 7.91. The van der Waals surface area contributed by atoms with E-state index < -0.39 is 0 Å². The highest BCUT2D eigenvalue weighted by Gasteiger charge is 1.71. The number of allylic oxidation sites excluding steroid dienone is 4. The Balaban J connectivity index is 3.08. The minimum absolute atomic E-state index is 1.12. The monoisotopic (exact) mass is 234 g/mol. The van der Waals surface area contributed by atoms with Crippen LogP contribution >= 0.6 is 22.6 Å². The van der Waals surface area contributed by atoms with Gasteiger partial charge < -0.3 is 0 Å². The van der Waals surface area contributed by atoms with Crippen molar-refractivity contribution in [3.05, 3.63) is 35.0 Å². The Morgan fingerprint density at radius 3 is 2.44 bits per heavy atom. The van der Waals surface area contributed by atoms with Gasteiger partial charge >= 0.3 is 0 Å². The van der Waals surface area contributed by atoms with Crippen LogP contribution in [-0.2, 0) is 0 Å². The molecule has 50 valence electrons. The number of hydrogen-bond donors (Lipinski definition) is 0. The highest BCUT2D eigenvalue weighted by Crippen LogP contribution is 1.94. The zero-order valence-electron chi connectivity index (χ0n) is 5.39. The molecule has 0 fully saturated rings. The van der Waals surface area contributed by atoms with Crippen LogP contribution in [0.1, 0.15) is 12.8 Å². The van der Waals surface area contributed by atoms with E-state index in [0.717, 1.165) is 12.8 Å². The Morgan fingerprint density at radius 2 is 1.89 bits per heavy atom. The van der Waals surface area contributed by atoms with Gasteiger partial charge in [0.25, 0.3) is 0 Å². The van der Waals surface area contributed by atoms with Gasteiger partial charge in [0.1, 0.15) is 0 Å². The Hall–Kier alpha value is -0.0500. The van der Waals surface area contributed by atoms with Crippen LogP contribution in [0.15, 0.2) is 35.0 Å². The van der Waals surface area contributed by atoms with Crippen LogP contribution in [0.25, 0.3) is 0 Å². The van der Waals surface area contributed by atoms with Crippen molar-refractivity contribution in [1.29, 1.82) is 0 Å². The lowest BCUT2D eigenvalue weighted by Crippen LogP contribution is -1.60. The van der Waals surface area contributed by atoms with E-state index >= 15 is 0 Å². The molecule has 0 saturated heterocycles. The van der Waals surface area contributed by atoms with Crippen LogP contribution in [0.2, 0.25) is 0 Å². The summed E-state index contributed by atoms with van der Waals surface area (Å²) < 4.78 is 2.04. The van der Waals surface area contributed by atoms with Crippen LogP contribution in [0, 0.1) is 0 Å². The zero-order chi connectivity index (χ0) is 6.95. The van der Waals surface area contributed by atoms with Gasteiger partial charge in [-0.05, 0) is 16.9 Å². The van der Waals surface area contributed by atoms with Gasteiger partial charge in [0.15, 0.2) is 0 Å². The van der Waals surface area contributed by atoms with Gasteiger partial charge in [-0.25, -0.2) is 0 Å². The van der Waals surface area contributed by atoms with Gasteiger partial charge in [0.2, 0.25) is 0 Å².